The fourth-order valence-electron chi connectivity index (χ4n) is 2.72. The third-order valence-electron chi connectivity index (χ3n) is 4.03. The molecule has 3 amide bonds. The van der Waals surface area contributed by atoms with Gasteiger partial charge in [0.2, 0.25) is 0 Å². The third-order valence-corrected chi connectivity index (χ3v) is 4.03. The fourth-order valence-corrected chi connectivity index (χ4v) is 2.72. The second kappa shape index (κ2) is 5.35. The van der Waals surface area contributed by atoms with Gasteiger partial charge in [-0.15, -0.1) is 0 Å². The molecular weight excluding hydrogens is 256 g/mol. The summed E-state index contributed by atoms with van der Waals surface area (Å²) in [5.74, 6) is -0.116. The molecule has 5 nitrogen and oxygen atoms in total. The predicted molar refractivity (Wildman–Crippen MR) is 78.4 cm³/mol. The summed E-state index contributed by atoms with van der Waals surface area (Å²) in [6.45, 7) is 14.1. The Morgan fingerprint density at radius 1 is 1.20 bits per heavy atom. The molecule has 2 N–H and O–H groups in total. The lowest BCUT2D eigenvalue weighted by Crippen LogP contribution is -2.51. The molecule has 0 unspecified atom stereocenters. The molecule has 0 saturated carbocycles. The highest BCUT2D eigenvalue weighted by Crippen LogP contribution is 2.34. The first kappa shape index (κ1) is 17.0. The van der Waals surface area contributed by atoms with E-state index in [1.54, 1.807) is 0 Å². The van der Waals surface area contributed by atoms with Gasteiger partial charge in [-0.25, -0.2) is 4.79 Å². The molecule has 1 aliphatic rings. The highest BCUT2D eigenvalue weighted by molar-refractivity contribution is 6.06. The molecule has 0 spiro atoms. The Labute approximate surface area is 121 Å². The maximum Gasteiger partial charge on any atom is 0.322 e. The van der Waals surface area contributed by atoms with Gasteiger partial charge in [0.05, 0.1) is 11.2 Å². The van der Waals surface area contributed by atoms with Crippen molar-refractivity contribution in [2.75, 3.05) is 0 Å². The van der Waals surface area contributed by atoms with Gasteiger partial charge >= 0.3 is 6.03 Å². The highest BCUT2D eigenvalue weighted by atomic mass is 16.5. The van der Waals surface area contributed by atoms with Crippen LogP contribution in [0.1, 0.15) is 61.3 Å². The first-order valence-corrected chi connectivity index (χ1v) is 7.25. The molecule has 116 valence electrons. The zero-order valence-corrected chi connectivity index (χ0v) is 13.7. The molecule has 0 aliphatic carbocycles. The standard InChI is InChI=1S/C15H28N2O3/c1-8-15(11(18)16-12(19)17-15)9-10(2)14(6,7)20-13(3,4)5/h10H,8-9H2,1-7H3,(H2,16,17,18,19)/t10-,15+/m1/s1. The van der Waals surface area contributed by atoms with Crippen molar-refractivity contribution in [3.8, 4) is 0 Å². The van der Waals surface area contributed by atoms with E-state index < -0.39 is 11.6 Å². The Kier molecular flexibility index (Phi) is 4.54. The normalized spacial score (nSPS) is 25.4. The van der Waals surface area contributed by atoms with Crippen molar-refractivity contribution in [3.05, 3.63) is 0 Å². The van der Waals surface area contributed by atoms with Gasteiger partial charge in [0, 0.05) is 0 Å². The van der Waals surface area contributed by atoms with Crippen molar-refractivity contribution in [3.63, 3.8) is 0 Å². The number of amides is 3. The molecule has 0 aromatic rings. The van der Waals surface area contributed by atoms with Gasteiger partial charge in [-0.2, -0.15) is 0 Å². The summed E-state index contributed by atoms with van der Waals surface area (Å²) >= 11 is 0. The summed E-state index contributed by atoms with van der Waals surface area (Å²) in [5, 5.41) is 5.11. The minimum atomic E-state index is -0.811. The van der Waals surface area contributed by atoms with Crippen LogP contribution in [0.5, 0.6) is 0 Å². The number of carbonyl (C=O) groups is 2. The van der Waals surface area contributed by atoms with Gasteiger partial charge in [-0.1, -0.05) is 13.8 Å². The van der Waals surface area contributed by atoms with Gasteiger partial charge in [0.25, 0.3) is 5.91 Å². The summed E-state index contributed by atoms with van der Waals surface area (Å²) in [7, 11) is 0. The number of ether oxygens (including phenoxy) is 1. The minimum absolute atomic E-state index is 0.117. The van der Waals surface area contributed by atoms with Crippen LogP contribution in [0.25, 0.3) is 0 Å². The Morgan fingerprint density at radius 3 is 2.10 bits per heavy atom. The number of nitrogens with one attached hydrogen (secondary N) is 2. The molecule has 0 radical (unpaired) electrons. The maximum absolute atomic E-state index is 12.1. The molecule has 1 saturated heterocycles. The van der Waals surface area contributed by atoms with Crippen LogP contribution in [0.15, 0.2) is 0 Å². The zero-order valence-electron chi connectivity index (χ0n) is 13.7. The van der Waals surface area contributed by atoms with E-state index in [0.717, 1.165) is 0 Å². The summed E-state index contributed by atoms with van der Waals surface area (Å²) < 4.78 is 6.10. The molecule has 0 aromatic heterocycles. The number of hydrogen-bond donors (Lipinski definition) is 2. The van der Waals surface area contributed by atoms with Crippen LogP contribution in [0, 0.1) is 5.92 Å². The predicted octanol–water partition coefficient (Wildman–Crippen LogP) is 2.59. The van der Waals surface area contributed by atoms with Gasteiger partial charge < -0.3 is 10.1 Å². The van der Waals surface area contributed by atoms with Crippen LogP contribution < -0.4 is 10.6 Å². The van der Waals surface area contributed by atoms with Crippen LogP contribution in [-0.2, 0) is 9.53 Å². The summed E-state index contributed by atoms with van der Waals surface area (Å²) in [4.78, 5) is 23.5. The summed E-state index contributed by atoms with van der Waals surface area (Å²) in [6.07, 6.45) is 1.13. The lowest BCUT2D eigenvalue weighted by Gasteiger charge is -2.41. The monoisotopic (exact) mass is 284 g/mol. The molecule has 1 fully saturated rings. The van der Waals surface area contributed by atoms with E-state index in [4.69, 9.17) is 4.74 Å². The topological polar surface area (TPSA) is 67.4 Å². The second-order valence-corrected chi connectivity index (χ2v) is 7.27. The fraction of sp³-hybridized carbons (Fsp3) is 0.867. The van der Waals surface area contributed by atoms with Crippen molar-refractivity contribution < 1.29 is 14.3 Å². The van der Waals surface area contributed by atoms with Gasteiger partial charge in [0.1, 0.15) is 5.54 Å². The number of urea groups is 1. The van der Waals surface area contributed by atoms with E-state index in [1.165, 1.54) is 0 Å². The van der Waals surface area contributed by atoms with Crippen LogP contribution in [-0.4, -0.2) is 28.7 Å². The minimum Gasteiger partial charge on any atom is -0.370 e. The number of rotatable bonds is 5. The molecule has 1 aliphatic heterocycles. The van der Waals surface area contributed by atoms with E-state index in [2.05, 4.69) is 17.6 Å². The van der Waals surface area contributed by atoms with E-state index in [9.17, 15) is 9.59 Å². The quantitative estimate of drug-likeness (QED) is 0.763. The van der Waals surface area contributed by atoms with E-state index in [1.807, 2.05) is 41.5 Å². The first-order chi connectivity index (χ1) is 8.92. The maximum atomic E-state index is 12.1. The Hall–Kier alpha value is -1.10. The van der Waals surface area contributed by atoms with Crippen LogP contribution >= 0.6 is 0 Å². The lowest BCUT2D eigenvalue weighted by molar-refractivity contribution is -0.145. The summed E-state index contributed by atoms with van der Waals surface area (Å²) in [6, 6.07) is -0.404. The molecule has 5 heteroatoms. The van der Waals surface area contributed by atoms with Crippen LogP contribution in [0.4, 0.5) is 4.79 Å². The first-order valence-electron chi connectivity index (χ1n) is 7.25. The molecule has 0 bridgehead atoms. The van der Waals surface area contributed by atoms with E-state index in [0.29, 0.717) is 12.8 Å². The van der Waals surface area contributed by atoms with Crippen molar-refractivity contribution in [2.45, 2.75) is 78.0 Å². The molecule has 0 aromatic carbocycles. The largest absolute Gasteiger partial charge is 0.370 e. The van der Waals surface area contributed by atoms with Crippen LogP contribution in [0.3, 0.4) is 0 Å². The number of imide groups is 1. The summed E-state index contributed by atoms with van der Waals surface area (Å²) in [5.41, 5.74) is -1.44. The Bertz CT molecular complexity index is 398. The van der Waals surface area contributed by atoms with Gasteiger partial charge in [-0.3, -0.25) is 10.1 Å². The highest BCUT2D eigenvalue weighted by Gasteiger charge is 2.47. The van der Waals surface area contributed by atoms with E-state index >= 15 is 0 Å². The smallest absolute Gasteiger partial charge is 0.322 e. The Morgan fingerprint density at radius 2 is 1.75 bits per heavy atom. The number of carbonyl (C=O) groups excluding carboxylic acids is 2. The van der Waals surface area contributed by atoms with Gasteiger partial charge in [-0.05, 0) is 53.4 Å². The molecular formula is C15H28N2O3. The third kappa shape index (κ3) is 3.72. The molecule has 2 atom stereocenters. The lowest BCUT2D eigenvalue weighted by atomic mass is 9.78. The second-order valence-electron chi connectivity index (χ2n) is 7.27. The van der Waals surface area contributed by atoms with Crippen molar-refractivity contribution in [2.24, 2.45) is 5.92 Å². The molecule has 1 heterocycles. The molecule has 20 heavy (non-hydrogen) atoms. The average Bonchev–Trinajstić information content (AvgIpc) is 2.50. The zero-order chi connectivity index (χ0) is 15.8. The SMILES string of the molecule is CC[C@@]1(C[C@@H](C)C(C)(C)OC(C)(C)C)NC(=O)NC1=O. The van der Waals surface area contributed by atoms with Crippen LogP contribution in [0.2, 0.25) is 0 Å². The molecule has 1 rings (SSSR count). The van der Waals surface area contributed by atoms with Crippen molar-refractivity contribution in [1.82, 2.24) is 10.6 Å². The average molecular weight is 284 g/mol. The number of hydrogen-bond acceptors (Lipinski definition) is 3. The van der Waals surface area contributed by atoms with Crippen molar-refractivity contribution in [1.29, 1.82) is 0 Å². The van der Waals surface area contributed by atoms with Crippen molar-refractivity contribution >= 4 is 11.9 Å². The van der Waals surface area contributed by atoms with E-state index in [-0.39, 0.29) is 23.0 Å². The Balaban J connectivity index is 2.85. The van der Waals surface area contributed by atoms with Gasteiger partial charge in [0.15, 0.2) is 0 Å².